The second kappa shape index (κ2) is 6.33. The zero-order chi connectivity index (χ0) is 20.2. The maximum absolute atomic E-state index is 13.6. The van der Waals surface area contributed by atoms with E-state index >= 15 is 0 Å². The molecule has 6 aromatic heterocycles. The Bertz CT molecular complexity index is 1540. The molecule has 0 atom stereocenters. The molecular weight excluding hydrogens is 401 g/mol. The normalized spacial score (nSPS) is 11.7. The minimum Gasteiger partial charge on any atom is -0.338 e. The van der Waals surface area contributed by atoms with Gasteiger partial charge in [0.25, 0.3) is 0 Å². The van der Waals surface area contributed by atoms with E-state index < -0.39 is 0 Å². The van der Waals surface area contributed by atoms with Gasteiger partial charge in [-0.2, -0.15) is 14.6 Å². The number of fused-ring (bicyclic) bond motifs is 2. The van der Waals surface area contributed by atoms with Gasteiger partial charge in [0.2, 0.25) is 0 Å². The summed E-state index contributed by atoms with van der Waals surface area (Å²) in [5.74, 6) is 0. The van der Waals surface area contributed by atoms with Gasteiger partial charge in [-0.1, -0.05) is 0 Å². The monoisotopic (exact) mass is 415 g/mol. The summed E-state index contributed by atoms with van der Waals surface area (Å²) >= 11 is 1.12. The van der Waals surface area contributed by atoms with Crippen LogP contribution in [0.15, 0.2) is 55.1 Å². The lowest BCUT2D eigenvalue weighted by molar-refractivity contribution is 0.657. The van der Waals surface area contributed by atoms with E-state index in [9.17, 15) is 4.39 Å². The maximum Gasteiger partial charge on any atom is 0.176 e. The molecule has 30 heavy (non-hydrogen) atoms. The Morgan fingerprint density at radius 2 is 2.00 bits per heavy atom. The third kappa shape index (κ3) is 2.63. The van der Waals surface area contributed by atoms with E-state index in [1.807, 2.05) is 31.4 Å². The van der Waals surface area contributed by atoms with Crippen molar-refractivity contribution in [1.29, 1.82) is 0 Å². The van der Waals surface area contributed by atoms with E-state index in [1.54, 1.807) is 29.3 Å². The minimum atomic E-state index is -0.209. The summed E-state index contributed by atoms with van der Waals surface area (Å²) in [7, 11) is 1.87. The number of hydrogen-bond acceptors (Lipinski definition) is 5. The van der Waals surface area contributed by atoms with Gasteiger partial charge in [0.05, 0.1) is 29.3 Å². The summed E-state index contributed by atoms with van der Waals surface area (Å²) in [5.41, 5.74) is 5.87. The summed E-state index contributed by atoms with van der Waals surface area (Å²) in [5, 5.41) is 13.4. The molecule has 0 fully saturated rings. The zero-order valence-corrected chi connectivity index (χ0v) is 16.5. The lowest BCUT2D eigenvalue weighted by Crippen LogP contribution is -1.85. The van der Waals surface area contributed by atoms with Gasteiger partial charge in [0, 0.05) is 46.2 Å². The van der Waals surface area contributed by atoms with Gasteiger partial charge < -0.3 is 4.98 Å². The second-order valence-corrected chi connectivity index (χ2v) is 8.03. The van der Waals surface area contributed by atoms with Gasteiger partial charge in [-0.25, -0.2) is 4.98 Å². The molecule has 7 nitrogen and oxygen atoms in total. The Kier molecular flexibility index (Phi) is 3.59. The van der Waals surface area contributed by atoms with Crippen LogP contribution in [0.4, 0.5) is 4.39 Å². The van der Waals surface area contributed by atoms with Crippen molar-refractivity contribution in [3.63, 3.8) is 0 Å². The fraction of sp³-hybridized carbons (Fsp3) is 0.0476. The van der Waals surface area contributed by atoms with Crippen LogP contribution in [0.25, 0.3) is 55.0 Å². The molecule has 9 heteroatoms. The molecule has 6 rings (SSSR count). The first-order valence-corrected chi connectivity index (χ1v) is 10.0. The molecule has 0 aliphatic heterocycles. The summed E-state index contributed by atoms with van der Waals surface area (Å²) < 4.78 is 15.3. The lowest BCUT2D eigenvalue weighted by Gasteiger charge is -1.98. The van der Waals surface area contributed by atoms with Crippen LogP contribution in [-0.4, -0.2) is 34.9 Å². The SMILES string of the molecule is Cn1cc(-c2cc3c(-c4cc5c(-c6ccc(F)s6)ccnc5[nH]4)n[nH]c3cn2)cn1. The summed E-state index contributed by atoms with van der Waals surface area (Å²) in [6.45, 7) is 0. The van der Waals surface area contributed by atoms with Crippen molar-refractivity contribution in [2.75, 3.05) is 0 Å². The van der Waals surface area contributed by atoms with Crippen molar-refractivity contribution in [3.8, 4) is 33.1 Å². The number of thiophene rings is 1. The third-order valence-corrected chi connectivity index (χ3v) is 5.98. The van der Waals surface area contributed by atoms with E-state index in [4.69, 9.17) is 0 Å². The van der Waals surface area contributed by atoms with Crippen LogP contribution in [0.2, 0.25) is 0 Å². The van der Waals surface area contributed by atoms with Gasteiger partial charge in [0.1, 0.15) is 11.3 Å². The Hall–Kier alpha value is -3.85. The van der Waals surface area contributed by atoms with Crippen molar-refractivity contribution in [2.45, 2.75) is 0 Å². The molecule has 0 aromatic carbocycles. The highest BCUT2D eigenvalue weighted by Crippen LogP contribution is 2.36. The number of halogens is 1. The Morgan fingerprint density at radius 1 is 1.07 bits per heavy atom. The Labute approximate surface area is 173 Å². The molecule has 0 bridgehead atoms. The number of rotatable bonds is 3. The average Bonchev–Trinajstić information content (AvgIpc) is 3.52. The van der Waals surface area contributed by atoms with Crippen LogP contribution in [0, 0.1) is 5.13 Å². The maximum atomic E-state index is 13.6. The van der Waals surface area contributed by atoms with Crippen molar-refractivity contribution in [2.24, 2.45) is 7.05 Å². The second-order valence-electron chi connectivity index (χ2n) is 7.00. The van der Waals surface area contributed by atoms with Gasteiger partial charge in [0.15, 0.2) is 5.13 Å². The first-order valence-electron chi connectivity index (χ1n) is 9.23. The van der Waals surface area contributed by atoms with Crippen molar-refractivity contribution < 1.29 is 4.39 Å². The molecule has 6 aromatic rings. The molecule has 0 saturated carbocycles. The fourth-order valence-corrected chi connectivity index (χ4v) is 4.43. The molecule has 6 heterocycles. The zero-order valence-electron chi connectivity index (χ0n) is 15.7. The van der Waals surface area contributed by atoms with E-state index in [0.717, 1.165) is 66.4 Å². The Balaban J connectivity index is 1.52. The highest BCUT2D eigenvalue weighted by Gasteiger charge is 2.16. The van der Waals surface area contributed by atoms with E-state index in [-0.39, 0.29) is 5.13 Å². The van der Waals surface area contributed by atoms with E-state index in [1.165, 1.54) is 6.07 Å². The number of hydrogen-bond donors (Lipinski definition) is 2. The number of aryl methyl sites for hydroxylation is 1. The molecule has 146 valence electrons. The van der Waals surface area contributed by atoms with Crippen LogP contribution in [0.3, 0.4) is 0 Å². The summed E-state index contributed by atoms with van der Waals surface area (Å²) in [6, 6.07) is 9.18. The number of nitrogens with one attached hydrogen (secondary N) is 2. The molecule has 0 aliphatic carbocycles. The number of aromatic nitrogens is 7. The van der Waals surface area contributed by atoms with Crippen LogP contribution in [-0.2, 0) is 7.05 Å². The third-order valence-electron chi connectivity index (χ3n) is 5.07. The predicted octanol–water partition coefficient (Wildman–Crippen LogP) is 4.77. The van der Waals surface area contributed by atoms with Crippen LogP contribution < -0.4 is 0 Å². The summed E-state index contributed by atoms with van der Waals surface area (Å²) in [4.78, 5) is 13.2. The highest BCUT2D eigenvalue weighted by molar-refractivity contribution is 7.14. The first-order chi connectivity index (χ1) is 14.7. The molecular formula is C21H14FN7S. The number of nitrogens with zero attached hydrogens (tertiary/aromatic N) is 5. The van der Waals surface area contributed by atoms with Gasteiger partial charge >= 0.3 is 0 Å². The van der Waals surface area contributed by atoms with Gasteiger partial charge in [-0.15, -0.1) is 11.3 Å². The van der Waals surface area contributed by atoms with E-state index in [0.29, 0.717) is 0 Å². The molecule has 0 saturated heterocycles. The lowest BCUT2D eigenvalue weighted by atomic mass is 10.1. The molecule has 0 unspecified atom stereocenters. The highest BCUT2D eigenvalue weighted by atomic mass is 32.1. The quantitative estimate of drug-likeness (QED) is 0.436. The van der Waals surface area contributed by atoms with Crippen molar-refractivity contribution in [3.05, 3.63) is 60.3 Å². The van der Waals surface area contributed by atoms with Crippen molar-refractivity contribution >= 4 is 33.3 Å². The molecule has 0 aliphatic rings. The summed E-state index contributed by atoms with van der Waals surface area (Å²) in [6.07, 6.45) is 7.21. The number of pyridine rings is 2. The smallest absolute Gasteiger partial charge is 0.176 e. The number of H-pyrrole nitrogens is 2. The molecule has 0 spiro atoms. The largest absolute Gasteiger partial charge is 0.338 e. The first kappa shape index (κ1) is 17.0. The molecule has 0 amide bonds. The topological polar surface area (TPSA) is 88.1 Å². The van der Waals surface area contributed by atoms with Crippen LogP contribution in [0.1, 0.15) is 0 Å². The molecule has 2 N–H and O–H groups in total. The Morgan fingerprint density at radius 3 is 2.80 bits per heavy atom. The average molecular weight is 415 g/mol. The molecule has 0 radical (unpaired) electrons. The van der Waals surface area contributed by atoms with Crippen molar-refractivity contribution in [1.82, 2.24) is 34.9 Å². The van der Waals surface area contributed by atoms with E-state index in [2.05, 4.69) is 30.2 Å². The fourth-order valence-electron chi connectivity index (χ4n) is 3.66. The standard InChI is InChI=1S/C21H14FN7S/c1-29-10-11(8-25-29)15-7-14-17(9-24-15)27-28-20(14)16-6-13-12(4-5-23-21(13)26-16)18-2-3-19(22)30-18/h2-10H,1H3,(H,23,26)(H,27,28). The van der Waals surface area contributed by atoms with Crippen LogP contribution in [0.5, 0.6) is 0 Å². The number of aromatic amines is 2. The van der Waals surface area contributed by atoms with Gasteiger partial charge in [-0.3, -0.25) is 14.8 Å². The van der Waals surface area contributed by atoms with Gasteiger partial charge in [-0.05, 0) is 30.3 Å². The van der Waals surface area contributed by atoms with Crippen LogP contribution >= 0.6 is 11.3 Å². The minimum absolute atomic E-state index is 0.209. The predicted molar refractivity (Wildman–Crippen MR) is 114 cm³/mol.